The van der Waals surface area contributed by atoms with Crippen molar-refractivity contribution in [3.63, 3.8) is 0 Å². The average Bonchev–Trinajstić information content (AvgIpc) is 2.46. The molecule has 2 heteroatoms. The summed E-state index contributed by atoms with van der Waals surface area (Å²) in [6.07, 6.45) is 1.44. The molecule has 1 heterocycles. The number of hydrogen-bond acceptors (Lipinski definition) is 2. The Kier molecular flexibility index (Phi) is 0.866. The summed E-state index contributed by atoms with van der Waals surface area (Å²) in [5.41, 5.74) is 5.49. The highest BCUT2D eigenvalue weighted by Gasteiger charge is 2.46. The predicted octanol–water partition coefficient (Wildman–Crippen LogP) is -0.447. The number of fused-ring (bicyclic) bond motifs is 1. The zero-order chi connectivity index (χ0) is 5.56. The zero-order valence-electron chi connectivity index (χ0n) is 4.93. The van der Waals surface area contributed by atoms with Crippen molar-refractivity contribution < 1.29 is 0 Å². The zero-order valence-corrected chi connectivity index (χ0v) is 4.93. The Morgan fingerprint density at radius 2 is 2.50 bits per heavy atom. The van der Waals surface area contributed by atoms with E-state index in [1.165, 1.54) is 13.0 Å². The standard InChI is InChI=1S/C6H12N2/c7-2-6-5-1-4(5)3-8-6/h4-6,8H,1-3,7H2/t4?,5-,6-/m1/s1. The first-order valence-corrected chi connectivity index (χ1v) is 3.35. The van der Waals surface area contributed by atoms with Crippen molar-refractivity contribution in [1.29, 1.82) is 0 Å². The fourth-order valence-corrected chi connectivity index (χ4v) is 1.71. The number of piperidine rings is 1. The SMILES string of the molecule is NC[C@H]1NCC2C[C@H]21. The molecule has 2 aliphatic rings. The van der Waals surface area contributed by atoms with Gasteiger partial charge >= 0.3 is 0 Å². The molecule has 2 fully saturated rings. The molecule has 1 saturated carbocycles. The van der Waals surface area contributed by atoms with Crippen LogP contribution in [0.25, 0.3) is 0 Å². The van der Waals surface area contributed by atoms with Crippen molar-refractivity contribution in [2.45, 2.75) is 12.5 Å². The van der Waals surface area contributed by atoms with Gasteiger partial charge in [0.1, 0.15) is 0 Å². The summed E-state index contributed by atoms with van der Waals surface area (Å²) in [5.74, 6) is 1.96. The van der Waals surface area contributed by atoms with Crippen molar-refractivity contribution in [1.82, 2.24) is 5.32 Å². The van der Waals surface area contributed by atoms with Gasteiger partial charge in [0.05, 0.1) is 0 Å². The highest BCUT2D eigenvalue weighted by atomic mass is 15.0. The maximum absolute atomic E-state index is 5.49. The van der Waals surface area contributed by atoms with E-state index in [0.29, 0.717) is 6.04 Å². The number of hydrogen-bond donors (Lipinski definition) is 2. The second kappa shape index (κ2) is 1.45. The summed E-state index contributed by atoms with van der Waals surface area (Å²) < 4.78 is 0. The lowest BCUT2D eigenvalue weighted by molar-refractivity contribution is 0.543. The molecule has 2 rings (SSSR count). The average molecular weight is 112 g/mol. The monoisotopic (exact) mass is 112 g/mol. The van der Waals surface area contributed by atoms with E-state index in [1.54, 1.807) is 0 Å². The van der Waals surface area contributed by atoms with Gasteiger partial charge in [-0.2, -0.15) is 0 Å². The van der Waals surface area contributed by atoms with Crippen LogP contribution in [0.15, 0.2) is 0 Å². The molecule has 8 heavy (non-hydrogen) atoms. The van der Waals surface area contributed by atoms with Crippen LogP contribution in [-0.2, 0) is 0 Å². The molecule has 1 unspecified atom stereocenters. The minimum absolute atomic E-state index is 0.667. The lowest BCUT2D eigenvalue weighted by Crippen LogP contribution is -2.33. The third-order valence-electron chi connectivity index (χ3n) is 2.39. The molecule has 0 amide bonds. The molecular formula is C6H12N2. The fourth-order valence-electron chi connectivity index (χ4n) is 1.71. The summed E-state index contributed by atoms with van der Waals surface area (Å²) in [7, 11) is 0. The molecule has 0 radical (unpaired) electrons. The van der Waals surface area contributed by atoms with Crippen LogP contribution in [0.4, 0.5) is 0 Å². The first-order valence-electron chi connectivity index (χ1n) is 3.35. The number of nitrogens with two attached hydrogens (primary N) is 1. The molecule has 3 N–H and O–H groups in total. The Bertz CT molecular complexity index is 103. The molecule has 1 saturated heterocycles. The molecule has 46 valence electrons. The van der Waals surface area contributed by atoms with E-state index in [9.17, 15) is 0 Å². The molecule has 0 spiro atoms. The van der Waals surface area contributed by atoms with Crippen molar-refractivity contribution in [2.24, 2.45) is 17.6 Å². The van der Waals surface area contributed by atoms with E-state index in [1.807, 2.05) is 0 Å². The fraction of sp³-hybridized carbons (Fsp3) is 1.00. The molecule has 0 aromatic rings. The van der Waals surface area contributed by atoms with E-state index in [4.69, 9.17) is 5.73 Å². The second-order valence-electron chi connectivity index (χ2n) is 2.91. The Balaban J connectivity index is 1.97. The topological polar surface area (TPSA) is 38.0 Å². The maximum Gasteiger partial charge on any atom is 0.0221 e. The van der Waals surface area contributed by atoms with Gasteiger partial charge in [-0.15, -0.1) is 0 Å². The van der Waals surface area contributed by atoms with Crippen LogP contribution < -0.4 is 11.1 Å². The first-order chi connectivity index (χ1) is 3.92. The van der Waals surface area contributed by atoms with Gasteiger partial charge in [0.15, 0.2) is 0 Å². The minimum atomic E-state index is 0.667. The maximum atomic E-state index is 5.49. The highest BCUT2D eigenvalue weighted by molar-refractivity contribution is 5.02. The molecule has 0 aromatic carbocycles. The lowest BCUT2D eigenvalue weighted by atomic mass is 10.2. The van der Waals surface area contributed by atoms with E-state index < -0.39 is 0 Å². The van der Waals surface area contributed by atoms with Crippen LogP contribution in [0.5, 0.6) is 0 Å². The van der Waals surface area contributed by atoms with Gasteiger partial charge in [-0.3, -0.25) is 0 Å². The van der Waals surface area contributed by atoms with E-state index in [2.05, 4.69) is 5.32 Å². The van der Waals surface area contributed by atoms with Gasteiger partial charge in [0, 0.05) is 12.6 Å². The van der Waals surface area contributed by atoms with E-state index >= 15 is 0 Å². The van der Waals surface area contributed by atoms with Crippen LogP contribution in [0, 0.1) is 11.8 Å². The summed E-state index contributed by atoms with van der Waals surface area (Å²) in [6, 6.07) is 0.667. The van der Waals surface area contributed by atoms with E-state index in [-0.39, 0.29) is 0 Å². The summed E-state index contributed by atoms with van der Waals surface area (Å²) in [6.45, 7) is 2.06. The molecule has 2 nitrogen and oxygen atoms in total. The Labute approximate surface area is 49.4 Å². The number of rotatable bonds is 1. The summed E-state index contributed by atoms with van der Waals surface area (Å²) >= 11 is 0. The quantitative estimate of drug-likeness (QED) is 0.482. The van der Waals surface area contributed by atoms with Crippen molar-refractivity contribution >= 4 is 0 Å². The molecular weight excluding hydrogens is 100 g/mol. The summed E-state index contributed by atoms with van der Waals surface area (Å²) in [4.78, 5) is 0. The lowest BCUT2D eigenvalue weighted by Gasteiger charge is -2.07. The van der Waals surface area contributed by atoms with Crippen molar-refractivity contribution in [3.8, 4) is 0 Å². The van der Waals surface area contributed by atoms with Crippen LogP contribution in [-0.4, -0.2) is 19.1 Å². The molecule has 0 bridgehead atoms. The first kappa shape index (κ1) is 4.77. The van der Waals surface area contributed by atoms with Gasteiger partial charge in [0.2, 0.25) is 0 Å². The highest BCUT2D eigenvalue weighted by Crippen LogP contribution is 2.44. The predicted molar refractivity (Wildman–Crippen MR) is 32.4 cm³/mol. The van der Waals surface area contributed by atoms with Crippen LogP contribution in [0.2, 0.25) is 0 Å². The van der Waals surface area contributed by atoms with Gasteiger partial charge in [-0.05, 0) is 24.8 Å². The normalized spacial score (nSPS) is 51.4. The van der Waals surface area contributed by atoms with Gasteiger partial charge in [-0.25, -0.2) is 0 Å². The third-order valence-corrected chi connectivity index (χ3v) is 2.39. The minimum Gasteiger partial charge on any atom is -0.329 e. The number of nitrogens with one attached hydrogen (secondary N) is 1. The summed E-state index contributed by atoms with van der Waals surface area (Å²) in [5, 5.41) is 3.38. The van der Waals surface area contributed by atoms with Crippen molar-refractivity contribution in [3.05, 3.63) is 0 Å². The smallest absolute Gasteiger partial charge is 0.0221 e. The Hall–Kier alpha value is -0.0800. The van der Waals surface area contributed by atoms with Crippen LogP contribution in [0.3, 0.4) is 0 Å². The third kappa shape index (κ3) is 0.501. The van der Waals surface area contributed by atoms with E-state index in [0.717, 1.165) is 18.4 Å². The largest absolute Gasteiger partial charge is 0.329 e. The van der Waals surface area contributed by atoms with Gasteiger partial charge in [-0.1, -0.05) is 0 Å². The van der Waals surface area contributed by atoms with Gasteiger partial charge < -0.3 is 11.1 Å². The molecule has 1 aliphatic carbocycles. The molecule has 3 atom stereocenters. The Morgan fingerprint density at radius 3 is 2.75 bits per heavy atom. The van der Waals surface area contributed by atoms with Crippen LogP contribution >= 0.6 is 0 Å². The van der Waals surface area contributed by atoms with Crippen LogP contribution in [0.1, 0.15) is 6.42 Å². The van der Waals surface area contributed by atoms with Gasteiger partial charge in [0.25, 0.3) is 0 Å². The molecule has 1 aliphatic heterocycles. The second-order valence-corrected chi connectivity index (χ2v) is 2.91. The molecule has 0 aromatic heterocycles. The van der Waals surface area contributed by atoms with Crippen molar-refractivity contribution in [2.75, 3.05) is 13.1 Å². The Morgan fingerprint density at radius 1 is 1.62 bits per heavy atom.